The van der Waals surface area contributed by atoms with E-state index in [9.17, 15) is 0 Å². The molecule has 3 heterocycles. The minimum atomic E-state index is 0.418. The molecule has 0 unspecified atom stereocenters. The highest BCUT2D eigenvalue weighted by molar-refractivity contribution is 7.19. The highest BCUT2D eigenvalue weighted by Crippen LogP contribution is 2.31. The Bertz CT molecular complexity index is 794. The summed E-state index contributed by atoms with van der Waals surface area (Å²) in [4.78, 5) is 0.809. The monoisotopic (exact) mass is 301 g/mol. The first kappa shape index (κ1) is 12.9. The summed E-state index contributed by atoms with van der Waals surface area (Å²) < 4.78 is 6.91. The van der Waals surface area contributed by atoms with Gasteiger partial charge in [-0.3, -0.25) is 0 Å². The summed E-state index contributed by atoms with van der Waals surface area (Å²) in [6.45, 7) is 2.37. The first-order valence-corrected chi connectivity index (χ1v) is 7.70. The Morgan fingerprint density at radius 1 is 1.38 bits per heavy atom. The topological polar surface area (TPSA) is 64.3 Å². The van der Waals surface area contributed by atoms with E-state index >= 15 is 0 Å². The lowest BCUT2D eigenvalue weighted by molar-refractivity contribution is 0.176. The molecule has 6 nitrogen and oxygen atoms in total. The zero-order valence-electron chi connectivity index (χ0n) is 11.7. The molecular formula is C14H15N5OS. The molecule has 0 atom stereocenters. The molecule has 21 heavy (non-hydrogen) atoms. The number of methoxy groups -OCH3 is 1. The molecule has 0 saturated carbocycles. The highest BCUT2D eigenvalue weighted by atomic mass is 32.1. The van der Waals surface area contributed by atoms with E-state index < -0.39 is 0 Å². The molecule has 1 N–H and O–H groups in total. The fourth-order valence-corrected chi connectivity index (χ4v) is 3.63. The van der Waals surface area contributed by atoms with Gasteiger partial charge in [-0.05, 0) is 24.1 Å². The maximum atomic E-state index is 5.13. The van der Waals surface area contributed by atoms with Gasteiger partial charge in [-0.25, -0.2) is 0 Å². The Labute approximate surface area is 125 Å². The molecular weight excluding hydrogens is 286 g/mol. The molecule has 3 aromatic rings. The second kappa shape index (κ2) is 5.18. The molecule has 0 spiro atoms. The fourth-order valence-electron chi connectivity index (χ4n) is 2.72. The van der Waals surface area contributed by atoms with Crippen LogP contribution in [0.2, 0.25) is 0 Å². The first-order valence-electron chi connectivity index (χ1n) is 6.88. The Morgan fingerprint density at radius 3 is 3.24 bits per heavy atom. The molecule has 0 bridgehead atoms. The molecule has 0 amide bonds. The molecule has 0 fully saturated rings. The van der Waals surface area contributed by atoms with Gasteiger partial charge in [-0.2, -0.15) is 9.61 Å². The second-order valence-corrected chi connectivity index (χ2v) is 5.98. The zero-order chi connectivity index (χ0) is 14.2. The number of benzene rings is 1. The predicted molar refractivity (Wildman–Crippen MR) is 80.2 cm³/mol. The normalized spacial score (nSPS) is 14.5. The lowest BCUT2D eigenvalue weighted by Crippen LogP contribution is -2.24. The number of nitrogens with one attached hydrogen (secondary N) is 1. The van der Waals surface area contributed by atoms with Crippen molar-refractivity contribution >= 4 is 16.3 Å². The van der Waals surface area contributed by atoms with E-state index in [-0.39, 0.29) is 0 Å². The van der Waals surface area contributed by atoms with E-state index in [0.29, 0.717) is 6.61 Å². The fraction of sp³-hybridized carbons (Fsp3) is 0.357. The van der Waals surface area contributed by atoms with Gasteiger partial charge < -0.3 is 10.1 Å². The Morgan fingerprint density at radius 2 is 2.33 bits per heavy atom. The van der Waals surface area contributed by atoms with E-state index in [1.807, 2.05) is 0 Å². The van der Waals surface area contributed by atoms with Gasteiger partial charge in [0.1, 0.15) is 11.6 Å². The highest BCUT2D eigenvalue weighted by Gasteiger charge is 2.18. The summed E-state index contributed by atoms with van der Waals surface area (Å²) in [6, 6.07) is 6.42. The predicted octanol–water partition coefficient (Wildman–Crippen LogP) is 1.64. The quantitative estimate of drug-likeness (QED) is 0.797. The van der Waals surface area contributed by atoms with E-state index in [1.54, 1.807) is 23.0 Å². The third-order valence-corrected chi connectivity index (χ3v) is 4.63. The molecule has 0 saturated heterocycles. The van der Waals surface area contributed by atoms with Crippen LogP contribution >= 0.6 is 11.3 Å². The second-order valence-electron chi connectivity index (χ2n) is 5.02. The number of hydrogen-bond acceptors (Lipinski definition) is 6. The van der Waals surface area contributed by atoms with Gasteiger partial charge in [-0.15, -0.1) is 10.2 Å². The van der Waals surface area contributed by atoms with Crippen molar-refractivity contribution in [2.24, 2.45) is 0 Å². The average Bonchev–Trinajstić information content (AvgIpc) is 3.09. The smallest absolute Gasteiger partial charge is 0.235 e. The summed E-state index contributed by atoms with van der Waals surface area (Å²) in [5.74, 6) is 0.737. The number of fused-ring (bicyclic) bond motifs is 2. The Kier molecular flexibility index (Phi) is 3.17. The average molecular weight is 301 g/mol. The summed E-state index contributed by atoms with van der Waals surface area (Å²) in [6.07, 6.45) is 1.04. The molecule has 1 aliphatic rings. The number of nitrogens with zero attached hydrogens (tertiary/aromatic N) is 4. The van der Waals surface area contributed by atoms with Crippen LogP contribution in [0.25, 0.3) is 15.5 Å². The van der Waals surface area contributed by atoms with E-state index in [0.717, 1.165) is 35.3 Å². The van der Waals surface area contributed by atoms with Crippen LogP contribution in [-0.4, -0.2) is 33.5 Å². The first-order chi connectivity index (χ1) is 10.4. The summed E-state index contributed by atoms with van der Waals surface area (Å²) >= 11 is 1.57. The number of rotatable bonds is 3. The van der Waals surface area contributed by atoms with Gasteiger partial charge >= 0.3 is 0 Å². The van der Waals surface area contributed by atoms with Gasteiger partial charge in [-0.1, -0.05) is 29.5 Å². The third-order valence-electron chi connectivity index (χ3n) is 3.70. The van der Waals surface area contributed by atoms with Gasteiger partial charge in [0.2, 0.25) is 4.96 Å². The molecule has 4 rings (SSSR count). The van der Waals surface area contributed by atoms with Gasteiger partial charge in [0.05, 0.1) is 0 Å². The van der Waals surface area contributed by atoms with Crippen LogP contribution in [-0.2, 0) is 24.3 Å². The van der Waals surface area contributed by atoms with E-state index in [1.165, 1.54) is 16.7 Å². The summed E-state index contributed by atoms with van der Waals surface area (Å²) in [7, 11) is 1.65. The number of aromatic nitrogens is 4. The van der Waals surface area contributed by atoms with Crippen molar-refractivity contribution in [1.29, 1.82) is 0 Å². The Hall–Kier alpha value is -1.83. The van der Waals surface area contributed by atoms with Crippen LogP contribution in [0, 0.1) is 0 Å². The van der Waals surface area contributed by atoms with E-state index in [4.69, 9.17) is 4.74 Å². The van der Waals surface area contributed by atoms with Crippen molar-refractivity contribution in [3.8, 4) is 10.6 Å². The van der Waals surface area contributed by atoms with Gasteiger partial charge in [0.25, 0.3) is 0 Å². The van der Waals surface area contributed by atoms with Crippen molar-refractivity contribution in [3.63, 3.8) is 0 Å². The molecule has 0 aliphatic carbocycles. The van der Waals surface area contributed by atoms with Crippen LogP contribution < -0.4 is 5.32 Å². The van der Waals surface area contributed by atoms with Gasteiger partial charge in [0.15, 0.2) is 5.82 Å². The largest absolute Gasteiger partial charge is 0.377 e. The number of hydrogen-bond donors (Lipinski definition) is 1. The van der Waals surface area contributed by atoms with E-state index in [2.05, 4.69) is 38.8 Å². The number of ether oxygens (including phenoxy) is 1. The summed E-state index contributed by atoms with van der Waals surface area (Å²) in [5.41, 5.74) is 3.98. The van der Waals surface area contributed by atoms with Crippen molar-refractivity contribution in [3.05, 3.63) is 35.2 Å². The minimum absolute atomic E-state index is 0.418. The van der Waals surface area contributed by atoms with Crippen LogP contribution in [0.5, 0.6) is 0 Å². The van der Waals surface area contributed by atoms with Crippen molar-refractivity contribution in [2.75, 3.05) is 13.7 Å². The van der Waals surface area contributed by atoms with Crippen molar-refractivity contribution < 1.29 is 4.74 Å². The molecule has 2 aromatic heterocycles. The molecule has 1 aromatic carbocycles. The maximum Gasteiger partial charge on any atom is 0.235 e. The maximum absolute atomic E-state index is 5.13. The molecule has 1 aliphatic heterocycles. The minimum Gasteiger partial charge on any atom is -0.377 e. The molecule has 108 valence electrons. The van der Waals surface area contributed by atoms with Crippen molar-refractivity contribution in [1.82, 2.24) is 25.1 Å². The molecule has 7 heteroatoms. The molecule has 0 radical (unpaired) electrons. The van der Waals surface area contributed by atoms with Crippen LogP contribution in [0.1, 0.15) is 17.0 Å². The zero-order valence-corrected chi connectivity index (χ0v) is 12.5. The van der Waals surface area contributed by atoms with Crippen LogP contribution in [0.15, 0.2) is 18.2 Å². The SMILES string of the molecule is COCc1nnc2sc(-c3cccc4c3CCNC4)nn12. The lowest BCUT2D eigenvalue weighted by Gasteiger charge is -2.19. The summed E-state index contributed by atoms with van der Waals surface area (Å²) in [5, 5.41) is 17.3. The standard InChI is InChI=1S/C14H15N5OS/c1-20-8-12-16-17-14-19(12)18-13(21-14)11-4-2-3-9-7-15-6-5-10(9)11/h2-4,15H,5-8H2,1H3. The van der Waals surface area contributed by atoms with Gasteiger partial charge in [0, 0.05) is 19.2 Å². The van der Waals surface area contributed by atoms with Crippen LogP contribution in [0.3, 0.4) is 0 Å². The Balaban J connectivity index is 1.83. The lowest BCUT2D eigenvalue weighted by atomic mass is 9.96. The van der Waals surface area contributed by atoms with Crippen LogP contribution in [0.4, 0.5) is 0 Å². The third kappa shape index (κ3) is 2.14. The van der Waals surface area contributed by atoms with Crippen molar-refractivity contribution in [2.45, 2.75) is 19.6 Å².